The predicted molar refractivity (Wildman–Crippen MR) is 60.4 cm³/mol. The molecule has 1 heterocycles. The van der Waals surface area contributed by atoms with Gasteiger partial charge in [-0.2, -0.15) is 0 Å². The standard InChI is InChI=1S/C11H10BrNO/c1-13-9-5-3-2-4-8(9)11(12)10(13)6-7-14/h2-5,7H,6H2,1H3. The van der Waals surface area contributed by atoms with E-state index in [1.807, 2.05) is 35.9 Å². The van der Waals surface area contributed by atoms with Crippen LogP contribution in [0.3, 0.4) is 0 Å². The average molecular weight is 252 g/mol. The Hall–Kier alpha value is -1.09. The Morgan fingerprint density at radius 1 is 1.43 bits per heavy atom. The monoisotopic (exact) mass is 251 g/mol. The van der Waals surface area contributed by atoms with Crippen LogP contribution in [0.15, 0.2) is 28.7 Å². The topological polar surface area (TPSA) is 22.0 Å². The zero-order chi connectivity index (χ0) is 10.1. The number of carbonyl (C=O) groups excluding carboxylic acids is 1. The largest absolute Gasteiger partial charge is 0.346 e. The maximum Gasteiger partial charge on any atom is 0.125 e. The zero-order valence-corrected chi connectivity index (χ0v) is 9.41. The first kappa shape index (κ1) is 9.46. The Kier molecular flexibility index (Phi) is 2.42. The smallest absolute Gasteiger partial charge is 0.125 e. The van der Waals surface area contributed by atoms with E-state index < -0.39 is 0 Å². The van der Waals surface area contributed by atoms with Gasteiger partial charge in [-0.05, 0) is 22.0 Å². The van der Waals surface area contributed by atoms with Crippen LogP contribution in [0.5, 0.6) is 0 Å². The van der Waals surface area contributed by atoms with Gasteiger partial charge >= 0.3 is 0 Å². The summed E-state index contributed by atoms with van der Waals surface area (Å²) in [6.07, 6.45) is 1.38. The number of hydrogen-bond acceptors (Lipinski definition) is 1. The van der Waals surface area contributed by atoms with Crippen molar-refractivity contribution in [1.82, 2.24) is 4.57 Å². The van der Waals surface area contributed by atoms with Crippen LogP contribution >= 0.6 is 15.9 Å². The van der Waals surface area contributed by atoms with Gasteiger partial charge in [0.15, 0.2) is 0 Å². The van der Waals surface area contributed by atoms with E-state index in [4.69, 9.17) is 0 Å². The highest BCUT2D eigenvalue weighted by Gasteiger charge is 2.11. The number of hydrogen-bond donors (Lipinski definition) is 0. The second kappa shape index (κ2) is 3.58. The SMILES string of the molecule is Cn1c(CC=O)c(Br)c2ccccc21. The third-order valence-corrected chi connectivity index (χ3v) is 3.32. The molecule has 3 heteroatoms. The second-order valence-electron chi connectivity index (χ2n) is 3.21. The molecule has 0 radical (unpaired) electrons. The average Bonchev–Trinajstić information content (AvgIpc) is 2.45. The molecule has 2 rings (SSSR count). The number of benzene rings is 1. The molecular weight excluding hydrogens is 242 g/mol. The Bertz CT molecular complexity index is 448. The van der Waals surface area contributed by atoms with Crippen molar-refractivity contribution < 1.29 is 4.79 Å². The summed E-state index contributed by atoms with van der Waals surface area (Å²) in [5.41, 5.74) is 2.18. The lowest BCUT2D eigenvalue weighted by Crippen LogP contribution is -1.96. The Labute approximate surface area is 90.7 Å². The summed E-state index contributed by atoms with van der Waals surface area (Å²) in [6.45, 7) is 0. The molecule has 14 heavy (non-hydrogen) atoms. The minimum Gasteiger partial charge on any atom is -0.346 e. The molecule has 0 aliphatic heterocycles. The lowest BCUT2D eigenvalue weighted by atomic mass is 10.2. The zero-order valence-electron chi connectivity index (χ0n) is 7.83. The number of aromatic nitrogens is 1. The molecule has 0 N–H and O–H groups in total. The van der Waals surface area contributed by atoms with E-state index in [0.717, 1.165) is 27.4 Å². The van der Waals surface area contributed by atoms with Crippen LogP contribution in [-0.4, -0.2) is 10.9 Å². The highest BCUT2D eigenvalue weighted by molar-refractivity contribution is 9.10. The summed E-state index contributed by atoms with van der Waals surface area (Å²) >= 11 is 3.52. The molecule has 0 saturated carbocycles. The summed E-state index contributed by atoms with van der Waals surface area (Å²) in [4.78, 5) is 10.5. The van der Waals surface area contributed by atoms with E-state index >= 15 is 0 Å². The fourth-order valence-electron chi connectivity index (χ4n) is 1.71. The molecule has 0 amide bonds. The molecule has 0 spiro atoms. The van der Waals surface area contributed by atoms with E-state index in [0.29, 0.717) is 6.42 Å². The predicted octanol–water partition coefficient (Wildman–Crippen LogP) is 2.68. The number of rotatable bonds is 2. The Balaban J connectivity index is 2.78. The van der Waals surface area contributed by atoms with E-state index in [-0.39, 0.29) is 0 Å². The fourth-order valence-corrected chi connectivity index (χ4v) is 2.47. The van der Waals surface area contributed by atoms with Gasteiger partial charge in [-0.3, -0.25) is 0 Å². The lowest BCUT2D eigenvalue weighted by Gasteiger charge is -1.99. The van der Waals surface area contributed by atoms with Gasteiger partial charge < -0.3 is 9.36 Å². The van der Waals surface area contributed by atoms with Gasteiger partial charge in [0.1, 0.15) is 6.29 Å². The van der Waals surface area contributed by atoms with Crippen LogP contribution in [0.2, 0.25) is 0 Å². The van der Waals surface area contributed by atoms with Crippen molar-refractivity contribution in [2.75, 3.05) is 0 Å². The van der Waals surface area contributed by atoms with Crippen molar-refractivity contribution in [2.45, 2.75) is 6.42 Å². The van der Waals surface area contributed by atoms with Crippen LogP contribution in [0, 0.1) is 0 Å². The van der Waals surface area contributed by atoms with Gasteiger partial charge in [0.25, 0.3) is 0 Å². The number of aryl methyl sites for hydroxylation is 1. The number of carbonyl (C=O) groups is 1. The maximum atomic E-state index is 10.5. The van der Waals surface area contributed by atoms with Crippen molar-refractivity contribution in [3.05, 3.63) is 34.4 Å². The molecule has 0 aliphatic carbocycles. The first-order chi connectivity index (χ1) is 6.75. The van der Waals surface area contributed by atoms with Gasteiger partial charge in [0.2, 0.25) is 0 Å². The molecule has 0 bridgehead atoms. The first-order valence-corrected chi connectivity index (χ1v) is 5.20. The molecule has 2 nitrogen and oxygen atoms in total. The molecule has 2 aromatic rings. The second-order valence-corrected chi connectivity index (χ2v) is 4.00. The third kappa shape index (κ3) is 1.28. The van der Waals surface area contributed by atoms with Crippen LogP contribution in [0.25, 0.3) is 10.9 Å². The Morgan fingerprint density at radius 2 is 2.14 bits per heavy atom. The van der Waals surface area contributed by atoms with E-state index in [2.05, 4.69) is 15.9 Å². The highest BCUT2D eigenvalue weighted by Crippen LogP contribution is 2.29. The van der Waals surface area contributed by atoms with Gasteiger partial charge in [-0.15, -0.1) is 0 Å². The summed E-state index contributed by atoms with van der Waals surface area (Å²) in [6, 6.07) is 8.10. The number of aldehydes is 1. The quantitative estimate of drug-likeness (QED) is 0.753. The van der Waals surface area contributed by atoms with Crippen molar-refractivity contribution in [3.63, 3.8) is 0 Å². The van der Waals surface area contributed by atoms with Crippen LogP contribution in [-0.2, 0) is 18.3 Å². The lowest BCUT2D eigenvalue weighted by molar-refractivity contribution is -0.107. The molecular formula is C11H10BrNO. The van der Waals surface area contributed by atoms with Gasteiger partial charge in [-0.1, -0.05) is 18.2 Å². The number of para-hydroxylation sites is 1. The minimum atomic E-state index is 0.450. The van der Waals surface area contributed by atoms with Crippen LogP contribution in [0.1, 0.15) is 5.69 Å². The molecule has 1 aromatic carbocycles. The normalized spacial score (nSPS) is 10.7. The number of fused-ring (bicyclic) bond motifs is 1. The minimum absolute atomic E-state index is 0.450. The van der Waals surface area contributed by atoms with E-state index in [9.17, 15) is 4.79 Å². The summed E-state index contributed by atoms with van der Waals surface area (Å²) < 4.78 is 3.08. The maximum absolute atomic E-state index is 10.5. The first-order valence-electron chi connectivity index (χ1n) is 4.41. The van der Waals surface area contributed by atoms with Crippen molar-refractivity contribution in [3.8, 4) is 0 Å². The summed E-state index contributed by atoms with van der Waals surface area (Å²) in [5.74, 6) is 0. The fraction of sp³-hybridized carbons (Fsp3) is 0.182. The van der Waals surface area contributed by atoms with Gasteiger partial charge in [-0.25, -0.2) is 0 Å². The number of nitrogens with zero attached hydrogens (tertiary/aromatic N) is 1. The third-order valence-electron chi connectivity index (χ3n) is 2.44. The van der Waals surface area contributed by atoms with Crippen molar-refractivity contribution in [1.29, 1.82) is 0 Å². The van der Waals surface area contributed by atoms with Crippen molar-refractivity contribution in [2.24, 2.45) is 7.05 Å². The summed E-state index contributed by atoms with van der Waals surface area (Å²) in [7, 11) is 1.98. The molecule has 0 saturated heterocycles. The van der Waals surface area contributed by atoms with Crippen molar-refractivity contribution >= 4 is 33.1 Å². The molecule has 72 valence electrons. The van der Waals surface area contributed by atoms with Gasteiger partial charge in [0, 0.05) is 34.5 Å². The Morgan fingerprint density at radius 3 is 2.79 bits per heavy atom. The van der Waals surface area contributed by atoms with E-state index in [1.165, 1.54) is 0 Å². The number of halogens is 1. The van der Waals surface area contributed by atoms with Crippen LogP contribution in [0.4, 0.5) is 0 Å². The molecule has 0 atom stereocenters. The van der Waals surface area contributed by atoms with Gasteiger partial charge in [0.05, 0.1) is 0 Å². The van der Waals surface area contributed by atoms with Crippen LogP contribution < -0.4 is 0 Å². The summed E-state index contributed by atoms with van der Waals surface area (Å²) in [5, 5.41) is 1.16. The molecule has 1 aromatic heterocycles. The molecule has 0 unspecified atom stereocenters. The van der Waals surface area contributed by atoms with E-state index in [1.54, 1.807) is 0 Å². The molecule has 0 fully saturated rings. The highest BCUT2D eigenvalue weighted by atomic mass is 79.9. The molecule has 0 aliphatic rings.